The van der Waals surface area contributed by atoms with Crippen molar-refractivity contribution in [3.63, 3.8) is 0 Å². The summed E-state index contributed by atoms with van der Waals surface area (Å²) in [5.74, 6) is -0.00882. The van der Waals surface area contributed by atoms with E-state index >= 15 is 0 Å². The number of anilines is 2. The summed E-state index contributed by atoms with van der Waals surface area (Å²) < 4.78 is 38.6. The van der Waals surface area contributed by atoms with Gasteiger partial charge >= 0.3 is 12.2 Å². The number of hydrogen-bond donors (Lipinski definition) is 3. The molecule has 0 aliphatic heterocycles. The molecule has 0 saturated carbocycles. The predicted octanol–water partition coefficient (Wildman–Crippen LogP) is 4.46. The third-order valence-corrected chi connectivity index (χ3v) is 3.65. The maximum atomic E-state index is 12.9. The van der Waals surface area contributed by atoms with Crippen molar-refractivity contribution >= 4 is 17.5 Å². The highest BCUT2D eigenvalue weighted by Crippen LogP contribution is 2.33. The summed E-state index contributed by atoms with van der Waals surface area (Å²) in [5.41, 5.74) is 0.872. The fraction of sp³-hybridized carbons (Fsp3) is 0.333. The zero-order valence-electron chi connectivity index (χ0n) is 14.5. The summed E-state index contributed by atoms with van der Waals surface area (Å²) >= 11 is 0. The Hall–Kier alpha value is -2.77. The Morgan fingerprint density at radius 1 is 1.12 bits per heavy atom. The van der Waals surface area contributed by atoms with Gasteiger partial charge in [0.2, 0.25) is 0 Å². The molecular weight excluding hydrogens is 345 g/mol. The molecule has 0 saturated heterocycles. The first-order chi connectivity index (χ1) is 12.3. The molecule has 0 spiro atoms. The first kappa shape index (κ1) is 19.6. The number of para-hydroxylation sites is 1. The molecule has 3 N–H and O–H groups in total. The molecule has 26 heavy (non-hydrogen) atoms. The molecule has 2 amide bonds. The van der Waals surface area contributed by atoms with E-state index in [4.69, 9.17) is 0 Å². The quantitative estimate of drug-likeness (QED) is 0.662. The summed E-state index contributed by atoms with van der Waals surface area (Å²) in [5, 5.41) is 7.95. The van der Waals surface area contributed by atoms with Gasteiger partial charge in [0.15, 0.2) is 0 Å². The SMILES string of the molecule is CC(C)c1ccccc1NC(=O)NCCNc1ncccc1C(F)(F)F. The Morgan fingerprint density at radius 2 is 1.85 bits per heavy atom. The van der Waals surface area contributed by atoms with Crippen molar-refractivity contribution in [3.05, 3.63) is 53.7 Å². The van der Waals surface area contributed by atoms with Gasteiger partial charge in [-0.3, -0.25) is 0 Å². The zero-order chi connectivity index (χ0) is 19.2. The lowest BCUT2D eigenvalue weighted by Gasteiger charge is -2.15. The van der Waals surface area contributed by atoms with Crippen molar-refractivity contribution in [1.29, 1.82) is 0 Å². The number of nitrogens with zero attached hydrogens (tertiary/aromatic N) is 1. The van der Waals surface area contributed by atoms with Crippen LogP contribution < -0.4 is 16.0 Å². The second-order valence-corrected chi connectivity index (χ2v) is 5.95. The number of nitrogens with one attached hydrogen (secondary N) is 3. The van der Waals surface area contributed by atoms with E-state index in [1.54, 1.807) is 6.07 Å². The van der Waals surface area contributed by atoms with Gasteiger partial charge in [0, 0.05) is 25.0 Å². The standard InChI is InChI=1S/C18H21F3N4O/c1-12(2)13-6-3-4-8-15(13)25-17(26)24-11-10-23-16-14(18(19,20)21)7-5-9-22-16/h3-9,12H,10-11H2,1-2H3,(H,22,23)(H2,24,25,26). The zero-order valence-corrected chi connectivity index (χ0v) is 14.5. The molecule has 0 aliphatic carbocycles. The van der Waals surface area contributed by atoms with Gasteiger partial charge in [-0.15, -0.1) is 0 Å². The third kappa shape index (κ3) is 5.37. The van der Waals surface area contributed by atoms with Crippen LogP contribution in [-0.2, 0) is 6.18 Å². The molecule has 0 unspecified atom stereocenters. The fourth-order valence-corrected chi connectivity index (χ4v) is 2.41. The van der Waals surface area contributed by atoms with Crippen LogP contribution in [0.2, 0.25) is 0 Å². The molecule has 0 radical (unpaired) electrons. The highest BCUT2D eigenvalue weighted by atomic mass is 19.4. The Balaban J connectivity index is 1.85. The fourth-order valence-electron chi connectivity index (χ4n) is 2.41. The van der Waals surface area contributed by atoms with E-state index in [2.05, 4.69) is 20.9 Å². The lowest BCUT2D eigenvalue weighted by molar-refractivity contribution is -0.137. The van der Waals surface area contributed by atoms with Crippen molar-refractivity contribution in [1.82, 2.24) is 10.3 Å². The number of pyridine rings is 1. The van der Waals surface area contributed by atoms with Crippen LogP contribution in [0.15, 0.2) is 42.6 Å². The van der Waals surface area contributed by atoms with Crippen molar-refractivity contribution in [2.24, 2.45) is 0 Å². The average Bonchev–Trinajstić information content (AvgIpc) is 2.58. The number of carbonyl (C=O) groups is 1. The average molecular weight is 366 g/mol. The number of aromatic nitrogens is 1. The minimum atomic E-state index is -4.48. The van der Waals surface area contributed by atoms with Gasteiger partial charge in [-0.2, -0.15) is 13.2 Å². The molecule has 0 bridgehead atoms. The number of amides is 2. The number of hydrogen-bond acceptors (Lipinski definition) is 3. The molecule has 140 valence electrons. The molecule has 5 nitrogen and oxygen atoms in total. The van der Waals surface area contributed by atoms with E-state index in [0.29, 0.717) is 5.69 Å². The van der Waals surface area contributed by atoms with Crippen LogP contribution in [0.25, 0.3) is 0 Å². The number of benzene rings is 1. The van der Waals surface area contributed by atoms with Crippen LogP contribution in [0.3, 0.4) is 0 Å². The van der Waals surface area contributed by atoms with E-state index < -0.39 is 17.8 Å². The smallest absolute Gasteiger partial charge is 0.368 e. The van der Waals surface area contributed by atoms with E-state index in [1.165, 1.54) is 12.3 Å². The largest absolute Gasteiger partial charge is 0.419 e. The van der Waals surface area contributed by atoms with Crippen LogP contribution in [0.1, 0.15) is 30.9 Å². The van der Waals surface area contributed by atoms with Crippen molar-refractivity contribution in [3.8, 4) is 0 Å². The van der Waals surface area contributed by atoms with Gasteiger partial charge in [-0.05, 0) is 29.7 Å². The van der Waals surface area contributed by atoms with Gasteiger partial charge in [-0.1, -0.05) is 32.0 Å². The van der Waals surface area contributed by atoms with Crippen LogP contribution in [0.5, 0.6) is 0 Å². The Labute approximate surface area is 150 Å². The number of halogens is 3. The van der Waals surface area contributed by atoms with Crippen LogP contribution in [-0.4, -0.2) is 24.1 Å². The molecule has 1 aromatic heterocycles. The monoisotopic (exact) mass is 366 g/mol. The van der Waals surface area contributed by atoms with Gasteiger partial charge in [0.05, 0.1) is 5.56 Å². The second kappa shape index (κ2) is 8.55. The maximum absolute atomic E-state index is 12.9. The molecule has 2 aromatic rings. The number of carbonyl (C=O) groups excluding carboxylic acids is 1. The lowest BCUT2D eigenvalue weighted by Crippen LogP contribution is -2.33. The minimum Gasteiger partial charge on any atom is -0.368 e. The Morgan fingerprint density at radius 3 is 2.54 bits per heavy atom. The predicted molar refractivity (Wildman–Crippen MR) is 95.3 cm³/mol. The molecule has 0 atom stereocenters. The molecule has 8 heteroatoms. The van der Waals surface area contributed by atoms with E-state index in [1.807, 2.05) is 32.0 Å². The van der Waals surface area contributed by atoms with Crippen LogP contribution >= 0.6 is 0 Å². The summed E-state index contributed by atoms with van der Waals surface area (Å²) in [6, 6.07) is 9.22. The third-order valence-electron chi connectivity index (χ3n) is 3.65. The molecular formula is C18H21F3N4O. The number of alkyl halides is 3. The first-order valence-electron chi connectivity index (χ1n) is 8.19. The summed E-state index contributed by atoms with van der Waals surface area (Å²) in [4.78, 5) is 15.7. The molecule has 0 aliphatic rings. The highest BCUT2D eigenvalue weighted by molar-refractivity contribution is 5.90. The van der Waals surface area contributed by atoms with Crippen molar-refractivity contribution in [2.75, 3.05) is 23.7 Å². The topological polar surface area (TPSA) is 66.1 Å². The van der Waals surface area contributed by atoms with Gasteiger partial charge in [0.1, 0.15) is 5.82 Å². The second-order valence-electron chi connectivity index (χ2n) is 5.95. The Bertz CT molecular complexity index is 747. The highest BCUT2D eigenvalue weighted by Gasteiger charge is 2.33. The van der Waals surface area contributed by atoms with E-state index in [9.17, 15) is 18.0 Å². The lowest BCUT2D eigenvalue weighted by atomic mass is 10.0. The maximum Gasteiger partial charge on any atom is 0.419 e. The molecule has 2 rings (SSSR count). The van der Waals surface area contributed by atoms with Gasteiger partial charge < -0.3 is 16.0 Å². The van der Waals surface area contributed by atoms with Gasteiger partial charge in [0.25, 0.3) is 0 Å². The minimum absolute atomic E-state index is 0.110. The summed E-state index contributed by atoms with van der Waals surface area (Å²) in [7, 11) is 0. The Kier molecular flexibility index (Phi) is 6.43. The van der Waals surface area contributed by atoms with E-state index in [-0.39, 0.29) is 24.8 Å². The summed E-state index contributed by atoms with van der Waals surface area (Å²) in [6.45, 7) is 4.30. The van der Waals surface area contributed by atoms with Crippen molar-refractivity contribution < 1.29 is 18.0 Å². The molecule has 1 heterocycles. The number of urea groups is 1. The number of rotatable bonds is 6. The summed E-state index contributed by atoms with van der Waals surface area (Å²) in [6.07, 6.45) is -3.21. The van der Waals surface area contributed by atoms with Crippen LogP contribution in [0, 0.1) is 0 Å². The normalized spacial score (nSPS) is 11.3. The van der Waals surface area contributed by atoms with E-state index in [0.717, 1.165) is 11.6 Å². The first-order valence-corrected chi connectivity index (χ1v) is 8.19. The van der Waals surface area contributed by atoms with Crippen LogP contribution in [0.4, 0.5) is 29.5 Å². The van der Waals surface area contributed by atoms with Crippen molar-refractivity contribution in [2.45, 2.75) is 25.9 Å². The molecule has 0 fully saturated rings. The molecule has 1 aromatic carbocycles. The van der Waals surface area contributed by atoms with Gasteiger partial charge in [-0.25, -0.2) is 9.78 Å².